The van der Waals surface area contributed by atoms with E-state index in [0.29, 0.717) is 0 Å². The molecule has 0 amide bonds. The number of hydrogen-bond donors (Lipinski definition) is 0. The summed E-state index contributed by atoms with van der Waals surface area (Å²) < 4.78 is 0. The van der Waals surface area contributed by atoms with Gasteiger partial charge in [0.15, 0.2) is 0 Å². The summed E-state index contributed by atoms with van der Waals surface area (Å²) in [7, 11) is 0. The zero-order valence-electron chi connectivity index (χ0n) is 12.3. The fourth-order valence-corrected chi connectivity index (χ4v) is 1.75. The third-order valence-corrected chi connectivity index (χ3v) is 3.08. The Kier molecular flexibility index (Phi) is 5.36. The molecule has 0 aliphatic rings. The molecule has 18 heavy (non-hydrogen) atoms. The summed E-state index contributed by atoms with van der Waals surface area (Å²) >= 11 is 0. The van der Waals surface area contributed by atoms with E-state index in [2.05, 4.69) is 32.9 Å². The van der Waals surface area contributed by atoms with Gasteiger partial charge >= 0.3 is 0 Å². The lowest BCUT2D eigenvalue weighted by Crippen LogP contribution is -2.31. The van der Waals surface area contributed by atoms with Gasteiger partial charge in [0, 0.05) is 0 Å². The molecule has 0 saturated carbocycles. The topological polar surface area (TPSA) is 18.5 Å². The normalized spacial score (nSPS) is 12.7. The van der Waals surface area contributed by atoms with E-state index in [9.17, 15) is 0 Å². The summed E-state index contributed by atoms with van der Waals surface area (Å²) in [6.07, 6.45) is 3.34. The average Bonchev–Trinajstić information content (AvgIpc) is 2.36. The molecule has 0 aliphatic carbocycles. The fraction of sp³-hybridized carbons (Fsp3) is 0.625. The van der Waals surface area contributed by atoms with Gasteiger partial charge < -0.3 is 0 Å². The van der Waals surface area contributed by atoms with Gasteiger partial charge in [-0.05, 0) is 39.7 Å². The molecule has 0 fully saturated rings. The number of rotatable bonds is 7. The van der Waals surface area contributed by atoms with Crippen LogP contribution < -0.4 is 0 Å². The van der Waals surface area contributed by atoms with Crippen molar-refractivity contribution in [3.05, 3.63) is 35.9 Å². The van der Waals surface area contributed by atoms with Crippen LogP contribution in [-0.2, 0) is 15.4 Å². The molecule has 0 N–H and O–H groups in total. The molecule has 0 radical (unpaired) electrons. The fourth-order valence-electron chi connectivity index (χ4n) is 1.75. The molecule has 0 aliphatic heterocycles. The molecule has 2 heteroatoms. The second-order valence-corrected chi connectivity index (χ2v) is 5.91. The highest BCUT2D eigenvalue weighted by molar-refractivity contribution is 5.20. The van der Waals surface area contributed by atoms with E-state index in [0.717, 1.165) is 18.4 Å². The molecule has 0 atom stereocenters. The lowest BCUT2D eigenvalue weighted by Gasteiger charge is -2.31. The van der Waals surface area contributed by atoms with Crippen LogP contribution in [0.4, 0.5) is 0 Å². The van der Waals surface area contributed by atoms with Crippen LogP contribution >= 0.6 is 0 Å². The molecular weight excluding hydrogens is 224 g/mol. The molecule has 0 aromatic heterocycles. The zero-order chi connectivity index (χ0) is 13.6. The predicted molar refractivity (Wildman–Crippen MR) is 75.2 cm³/mol. The molecule has 0 unspecified atom stereocenters. The van der Waals surface area contributed by atoms with Crippen LogP contribution in [0.3, 0.4) is 0 Å². The monoisotopic (exact) mass is 250 g/mol. The number of hydrogen-bond acceptors (Lipinski definition) is 2. The van der Waals surface area contributed by atoms with Crippen LogP contribution in [0.2, 0.25) is 0 Å². The highest BCUT2D eigenvalue weighted by Gasteiger charge is 2.27. The standard InChI is InChI=1S/C16H26O2/c1-6-7-13-15(2,3)17-18-16(4,5)14-11-9-8-10-12-14/h8-12H,6-7,13H2,1-5H3. The minimum absolute atomic E-state index is 0.234. The van der Waals surface area contributed by atoms with E-state index < -0.39 is 5.60 Å². The minimum Gasteiger partial charge on any atom is -0.230 e. The van der Waals surface area contributed by atoms with Gasteiger partial charge in [-0.2, -0.15) is 0 Å². The summed E-state index contributed by atoms with van der Waals surface area (Å²) in [4.78, 5) is 11.3. The van der Waals surface area contributed by atoms with Crippen LogP contribution in [0.1, 0.15) is 59.4 Å². The maximum atomic E-state index is 5.68. The van der Waals surface area contributed by atoms with Crippen LogP contribution in [-0.4, -0.2) is 5.60 Å². The smallest absolute Gasteiger partial charge is 0.123 e. The Morgan fingerprint density at radius 1 is 0.944 bits per heavy atom. The molecule has 1 aromatic rings. The molecule has 0 heterocycles. The first-order valence-electron chi connectivity index (χ1n) is 6.80. The van der Waals surface area contributed by atoms with Gasteiger partial charge in [0.25, 0.3) is 0 Å². The van der Waals surface area contributed by atoms with Crippen LogP contribution in [0, 0.1) is 0 Å². The van der Waals surface area contributed by atoms with E-state index in [1.165, 1.54) is 6.42 Å². The molecule has 1 rings (SSSR count). The average molecular weight is 250 g/mol. The summed E-state index contributed by atoms with van der Waals surface area (Å²) in [6.45, 7) is 10.4. The highest BCUT2D eigenvalue weighted by atomic mass is 17.2. The van der Waals surface area contributed by atoms with Gasteiger partial charge in [-0.25, -0.2) is 9.78 Å². The van der Waals surface area contributed by atoms with Crippen molar-refractivity contribution in [1.29, 1.82) is 0 Å². The predicted octanol–water partition coefficient (Wildman–Crippen LogP) is 4.84. The Labute approximate surface area is 111 Å². The van der Waals surface area contributed by atoms with Crippen LogP contribution in [0.25, 0.3) is 0 Å². The minimum atomic E-state index is -0.426. The zero-order valence-corrected chi connectivity index (χ0v) is 12.3. The molecule has 0 saturated heterocycles. The number of unbranched alkanes of at least 4 members (excludes halogenated alkanes) is 1. The molecular formula is C16H26O2. The maximum Gasteiger partial charge on any atom is 0.123 e. The Bertz CT molecular complexity index is 341. The lowest BCUT2D eigenvalue weighted by molar-refractivity contribution is -0.406. The molecule has 0 bridgehead atoms. The van der Waals surface area contributed by atoms with Gasteiger partial charge in [-0.1, -0.05) is 50.1 Å². The first-order valence-corrected chi connectivity index (χ1v) is 6.80. The Balaban J connectivity index is 2.56. The van der Waals surface area contributed by atoms with Gasteiger partial charge in [0.1, 0.15) is 5.60 Å². The summed E-state index contributed by atoms with van der Waals surface area (Å²) in [5.74, 6) is 0. The Hall–Kier alpha value is -0.860. The van der Waals surface area contributed by atoms with Crippen molar-refractivity contribution in [2.75, 3.05) is 0 Å². The molecule has 2 nitrogen and oxygen atoms in total. The van der Waals surface area contributed by atoms with E-state index in [1.54, 1.807) is 0 Å². The van der Waals surface area contributed by atoms with Crippen molar-refractivity contribution >= 4 is 0 Å². The van der Waals surface area contributed by atoms with Crippen molar-refractivity contribution in [2.45, 2.75) is 65.1 Å². The van der Waals surface area contributed by atoms with E-state index in [-0.39, 0.29) is 5.60 Å². The van der Waals surface area contributed by atoms with Crippen molar-refractivity contribution in [1.82, 2.24) is 0 Å². The van der Waals surface area contributed by atoms with E-state index >= 15 is 0 Å². The molecule has 102 valence electrons. The summed E-state index contributed by atoms with van der Waals surface area (Å²) in [6, 6.07) is 10.2. The summed E-state index contributed by atoms with van der Waals surface area (Å²) in [5, 5.41) is 0. The second kappa shape index (κ2) is 6.35. The highest BCUT2D eigenvalue weighted by Crippen LogP contribution is 2.28. The first-order chi connectivity index (χ1) is 8.37. The van der Waals surface area contributed by atoms with Gasteiger partial charge in [-0.15, -0.1) is 0 Å². The molecule has 1 aromatic carbocycles. The van der Waals surface area contributed by atoms with Crippen molar-refractivity contribution in [3.8, 4) is 0 Å². The largest absolute Gasteiger partial charge is 0.230 e. The second-order valence-electron chi connectivity index (χ2n) is 5.91. The van der Waals surface area contributed by atoms with Gasteiger partial charge in [0.2, 0.25) is 0 Å². The van der Waals surface area contributed by atoms with Gasteiger partial charge in [0.05, 0.1) is 5.60 Å². The Morgan fingerprint density at radius 3 is 2.11 bits per heavy atom. The molecule has 0 spiro atoms. The van der Waals surface area contributed by atoms with Crippen molar-refractivity contribution < 1.29 is 9.78 Å². The van der Waals surface area contributed by atoms with Crippen molar-refractivity contribution in [2.24, 2.45) is 0 Å². The van der Waals surface area contributed by atoms with Gasteiger partial charge in [-0.3, -0.25) is 0 Å². The third-order valence-electron chi connectivity index (χ3n) is 3.08. The van der Waals surface area contributed by atoms with E-state index in [4.69, 9.17) is 9.78 Å². The Morgan fingerprint density at radius 2 is 1.56 bits per heavy atom. The van der Waals surface area contributed by atoms with Crippen LogP contribution in [0.15, 0.2) is 30.3 Å². The summed E-state index contributed by atoms with van der Waals surface area (Å²) in [5.41, 5.74) is 0.462. The lowest BCUT2D eigenvalue weighted by atomic mass is 9.99. The maximum absolute atomic E-state index is 5.68. The quantitative estimate of drug-likeness (QED) is 0.509. The number of benzene rings is 1. The SMILES string of the molecule is CCCCC(C)(C)OOC(C)(C)c1ccccc1. The van der Waals surface area contributed by atoms with Crippen molar-refractivity contribution in [3.63, 3.8) is 0 Å². The van der Waals surface area contributed by atoms with Crippen LogP contribution in [0.5, 0.6) is 0 Å². The first kappa shape index (κ1) is 15.2. The third kappa shape index (κ3) is 4.79. The van der Waals surface area contributed by atoms with E-state index in [1.807, 2.05) is 32.0 Å².